The molecule has 1 heterocycles. The van der Waals surface area contributed by atoms with Gasteiger partial charge in [-0.15, -0.1) is 0 Å². The predicted molar refractivity (Wildman–Crippen MR) is 99.4 cm³/mol. The number of aromatic nitrogens is 2. The summed E-state index contributed by atoms with van der Waals surface area (Å²) in [5.41, 5.74) is 2.14. The van der Waals surface area contributed by atoms with Crippen molar-refractivity contribution in [1.82, 2.24) is 9.78 Å². The number of halogens is 3. The predicted octanol–water partition coefficient (Wildman–Crippen LogP) is 4.28. The number of hydrogen-bond donors (Lipinski definition) is 1. The lowest BCUT2D eigenvalue weighted by molar-refractivity contribution is 0.504. The van der Waals surface area contributed by atoms with Crippen LogP contribution in [0.15, 0.2) is 47.4 Å². The average molecular weight is 412 g/mol. The van der Waals surface area contributed by atoms with Crippen LogP contribution >= 0.6 is 11.6 Å². The van der Waals surface area contributed by atoms with E-state index in [1.807, 2.05) is 18.2 Å². The summed E-state index contributed by atoms with van der Waals surface area (Å²) in [5, 5.41) is 4.93. The van der Waals surface area contributed by atoms with Gasteiger partial charge in [0, 0.05) is 5.02 Å². The molecule has 0 radical (unpaired) electrons. The summed E-state index contributed by atoms with van der Waals surface area (Å²) < 4.78 is 55.6. The highest BCUT2D eigenvalue weighted by Gasteiger charge is 2.21. The van der Waals surface area contributed by atoms with E-state index in [1.54, 1.807) is 24.6 Å². The molecule has 9 heteroatoms. The van der Waals surface area contributed by atoms with Gasteiger partial charge in [0.05, 0.1) is 28.5 Å². The fraction of sp³-hybridized carbons (Fsp3) is 0.167. The fourth-order valence-electron chi connectivity index (χ4n) is 2.62. The molecule has 27 heavy (non-hydrogen) atoms. The normalized spacial score (nSPS) is 11.6. The highest BCUT2D eigenvalue weighted by Crippen LogP contribution is 2.26. The molecule has 0 amide bonds. The standard InChI is InChI=1S/C18H16ClF2N3O2S/c1-11-18(23-27(25,26)14-7-8-16(20)17(21)9-14)12(2)24(22-11)10-13-5-3-4-6-15(13)19/h3-9,23H,10H2,1-2H3. The summed E-state index contributed by atoms with van der Waals surface area (Å²) in [6.07, 6.45) is 0. The van der Waals surface area contributed by atoms with E-state index in [4.69, 9.17) is 11.6 Å². The quantitative estimate of drug-likeness (QED) is 0.681. The van der Waals surface area contributed by atoms with Crippen molar-refractivity contribution in [3.8, 4) is 0 Å². The number of aryl methyl sites for hydroxylation is 1. The number of hydrogen-bond acceptors (Lipinski definition) is 3. The molecule has 0 atom stereocenters. The Morgan fingerprint density at radius 3 is 2.48 bits per heavy atom. The third kappa shape index (κ3) is 3.96. The molecular weight excluding hydrogens is 396 g/mol. The molecule has 0 aliphatic rings. The molecule has 2 aromatic carbocycles. The van der Waals surface area contributed by atoms with Crippen molar-refractivity contribution in [2.24, 2.45) is 0 Å². The smallest absolute Gasteiger partial charge is 0.262 e. The maximum absolute atomic E-state index is 13.4. The van der Waals surface area contributed by atoms with Gasteiger partial charge in [0.15, 0.2) is 11.6 Å². The molecule has 0 aliphatic heterocycles. The lowest BCUT2D eigenvalue weighted by atomic mass is 10.2. The van der Waals surface area contributed by atoms with Crippen molar-refractivity contribution in [2.45, 2.75) is 25.3 Å². The summed E-state index contributed by atoms with van der Waals surface area (Å²) in [5.74, 6) is -2.35. The number of rotatable bonds is 5. The minimum absolute atomic E-state index is 0.284. The number of benzene rings is 2. The van der Waals surface area contributed by atoms with Crippen molar-refractivity contribution >= 4 is 27.3 Å². The van der Waals surface area contributed by atoms with Crippen LogP contribution < -0.4 is 4.72 Å². The molecule has 3 rings (SSSR count). The Balaban J connectivity index is 1.92. The van der Waals surface area contributed by atoms with Gasteiger partial charge >= 0.3 is 0 Å². The van der Waals surface area contributed by atoms with Crippen LogP contribution in [0.25, 0.3) is 0 Å². The van der Waals surface area contributed by atoms with Crippen LogP contribution in [0, 0.1) is 25.5 Å². The van der Waals surface area contributed by atoms with E-state index in [0.29, 0.717) is 29.0 Å². The van der Waals surface area contributed by atoms with E-state index in [-0.39, 0.29) is 10.6 Å². The van der Waals surface area contributed by atoms with Crippen molar-refractivity contribution in [1.29, 1.82) is 0 Å². The lowest BCUT2D eigenvalue weighted by Gasteiger charge is -2.10. The average Bonchev–Trinajstić information content (AvgIpc) is 2.86. The molecule has 142 valence electrons. The van der Waals surface area contributed by atoms with Crippen LogP contribution in [-0.2, 0) is 16.6 Å². The van der Waals surface area contributed by atoms with Crippen LogP contribution in [0.1, 0.15) is 17.0 Å². The third-order valence-electron chi connectivity index (χ3n) is 4.10. The zero-order valence-electron chi connectivity index (χ0n) is 14.5. The van der Waals surface area contributed by atoms with Crippen LogP contribution in [0.3, 0.4) is 0 Å². The number of anilines is 1. The number of nitrogens with zero attached hydrogens (tertiary/aromatic N) is 2. The molecule has 5 nitrogen and oxygen atoms in total. The number of sulfonamides is 1. The Hall–Kier alpha value is -2.45. The zero-order valence-corrected chi connectivity index (χ0v) is 16.1. The van der Waals surface area contributed by atoms with Gasteiger partial charge in [0.25, 0.3) is 10.0 Å². The van der Waals surface area contributed by atoms with Gasteiger partial charge in [-0.25, -0.2) is 17.2 Å². The summed E-state index contributed by atoms with van der Waals surface area (Å²) in [4.78, 5) is -0.376. The maximum atomic E-state index is 13.4. The van der Waals surface area contributed by atoms with Gasteiger partial charge in [-0.2, -0.15) is 5.10 Å². The summed E-state index contributed by atoms with van der Waals surface area (Å²) >= 11 is 6.17. The molecule has 0 spiro atoms. The lowest BCUT2D eigenvalue weighted by Crippen LogP contribution is -2.15. The molecule has 0 saturated heterocycles. The Labute approximate surface area is 160 Å². The minimum atomic E-state index is -4.10. The third-order valence-corrected chi connectivity index (χ3v) is 5.81. The molecule has 0 bridgehead atoms. The van der Waals surface area contributed by atoms with E-state index < -0.39 is 21.7 Å². The Bertz CT molecular complexity index is 1110. The van der Waals surface area contributed by atoms with Crippen LogP contribution in [-0.4, -0.2) is 18.2 Å². The fourth-order valence-corrected chi connectivity index (χ4v) is 4.01. The minimum Gasteiger partial charge on any atom is -0.276 e. The first-order valence-corrected chi connectivity index (χ1v) is 9.80. The van der Waals surface area contributed by atoms with Crippen LogP contribution in [0.2, 0.25) is 5.02 Å². The maximum Gasteiger partial charge on any atom is 0.262 e. The first kappa shape index (κ1) is 19.3. The van der Waals surface area contributed by atoms with Crippen molar-refractivity contribution in [2.75, 3.05) is 4.72 Å². The van der Waals surface area contributed by atoms with Crippen LogP contribution in [0.4, 0.5) is 14.5 Å². The first-order valence-electron chi connectivity index (χ1n) is 7.94. The molecular formula is C18H16ClF2N3O2S. The summed E-state index contributed by atoms with van der Waals surface area (Å²) in [7, 11) is -4.10. The van der Waals surface area contributed by atoms with Gasteiger partial charge in [-0.3, -0.25) is 9.40 Å². The number of nitrogens with one attached hydrogen (secondary N) is 1. The van der Waals surface area contributed by atoms with E-state index >= 15 is 0 Å². The highest BCUT2D eigenvalue weighted by atomic mass is 35.5. The Kier molecular flexibility index (Phi) is 5.21. The Morgan fingerprint density at radius 2 is 1.81 bits per heavy atom. The van der Waals surface area contributed by atoms with E-state index in [1.165, 1.54) is 0 Å². The monoisotopic (exact) mass is 411 g/mol. The van der Waals surface area contributed by atoms with Crippen molar-refractivity contribution in [3.05, 3.63) is 76.1 Å². The van der Waals surface area contributed by atoms with E-state index in [0.717, 1.165) is 17.7 Å². The van der Waals surface area contributed by atoms with Crippen LogP contribution in [0.5, 0.6) is 0 Å². The second-order valence-electron chi connectivity index (χ2n) is 5.98. The van der Waals surface area contributed by atoms with Gasteiger partial charge < -0.3 is 0 Å². The molecule has 0 fully saturated rings. The topological polar surface area (TPSA) is 64.0 Å². The van der Waals surface area contributed by atoms with Crippen molar-refractivity contribution < 1.29 is 17.2 Å². The van der Waals surface area contributed by atoms with Gasteiger partial charge in [0.2, 0.25) is 0 Å². The molecule has 0 saturated carbocycles. The SMILES string of the molecule is Cc1nn(Cc2ccccc2Cl)c(C)c1NS(=O)(=O)c1ccc(F)c(F)c1. The molecule has 1 N–H and O–H groups in total. The largest absolute Gasteiger partial charge is 0.276 e. The van der Waals surface area contributed by atoms with E-state index in [9.17, 15) is 17.2 Å². The van der Waals surface area contributed by atoms with Gasteiger partial charge in [-0.05, 0) is 43.7 Å². The van der Waals surface area contributed by atoms with Gasteiger partial charge in [0.1, 0.15) is 0 Å². The second-order valence-corrected chi connectivity index (χ2v) is 8.07. The molecule has 0 aliphatic carbocycles. The first-order chi connectivity index (χ1) is 12.7. The molecule has 0 unspecified atom stereocenters. The molecule has 1 aromatic heterocycles. The summed E-state index contributed by atoms with van der Waals surface area (Å²) in [6, 6.07) is 9.67. The van der Waals surface area contributed by atoms with Gasteiger partial charge in [-0.1, -0.05) is 29.8 Å². The molecule has 3 aromatic rings. The summed E-state index contributed by atoms with van der Waals surface area (Å²) in [6.45, 7) is 3.72. The Morgan fingerprint density at radius 1 is 1.11 bits per heavy atom. The second kappa shape index (κ2) is 7.28. The highest BCUT2D eigenvalue weighted by molar-refractivity contribution is 7.92. The van der Waals surface area contributed by atoms with Crippen molar-refractivity contribution in [3.63, 3.8) is 0 Å². The zero-order chi connectivity index (χ0) is 19.8. The van der Waals surface area contributed by atoms with E-state index in [2.05, 4.69) is 9.82 Å².